The maximum absolute atomic E-state index is 15.3. The highest BCUT2D eigenvalue weighted by atomic mass is 31.1. The summed E-state index contributed by atoms with van der Waals surface area (Å²) in [5.74, 6) is -2.66. The van der Waals surface area contributed by atoms with Gasteiger partial charge < -0.3 is 26.0 Å². The molecule has 2 aromatic rings. The lowest BCUT2D eigenvalue weighted by molar-refractivity contribution is -0.259. The zero-order chi connectivity index (χ0) is 18.0. The maximum Gasteiger partial charge on any atom is 0.504 e. The number of anilines is 2. The second kappa shape index (κ2) is 5.26. The van der Waals surface area contributed by atoms with Crippen molar-refractivity contribution in [1.29, 1.82) is 0 Å². The number of fused-ring (bicyclic) bond motifs is 3. The molecule has 2 fully saturated rings. The van der Waals surface area contributed by atoms with E-state index < -0.39 is 31.8 Å². The Morgan fingerprint density at radius 2 is 2.32 bits per heavy atom. The quantitative estimate of drug-likeness (QED) is 0.607. The molecule has 2 saturated heterocycles. The molecule has 25 heavy (non-hydrogen) atoms. The highest BCUT2D eigenvalue weighted by Gasteiger charge is 2.73. The van der Waals surface area contributed by atoms with Crippen molar-refractivity contribution in [3.63, 3.8) is 0 Å². The molecular formula is C12H15FN6O5P+. The Morgan fingerprint density at radius 3 is 3.04 bits per heavy atom. The SMILES string of the molecule is C[P+](=O)OC[C@]12CO[C@](F)([C@@H]1O)[C@H](n1cnc3c(N)nc(N)nc31)O2. The number of rotatable bonds is 4. The van der Waals surface area contributed by atoms with Gasteiger partial charge in [0.2, 0.25) is 5.95 Å². The lowest BCUT2D eigenvalue weighted by Gasteiger charge is -2.30. The van der Waals surface area contributed by atoms with Gasteiger partial charge in [0.05, 0.1) is 12.9 Å². The number of imidazole rings is 1. The summed E-state index contributed by atoms with van der Waals surface area (Å²) in [6.45, 7) is 0.791. The third-order valence-electron chi connectivity index (χ3n) is 4.30. The molecule has 4 rings (SSSR count). The Morgan fingerprint density at radius 1 is 1.56 bits per heavy atom. The number of alkyl halides is 1. The van der Waals surface area contributed by atoms with Gasteiger partial charge in [-0.1, -0.05) is 0 Å². The smallest absolute Gasteiger partial charge is 0.384 e. The highest BCUT2D eigenvalue weighted by Crippen LogP contribution is 2.54. The molecule has 5 N–H and O–H groups in total. The van der Waals surface area contributed by atoms with Crippen LogP contribution in [0.1, 0.15) is 6.23 Å². The van der Waals surface area contributed by atoms with Crippen molar-refractivity contribution in [3.8, 4) is 0 Å². The Hall–Kier alpha value is -1.98. The van der Waals surface area contributed by atoms with Crippen molar-refractivity contribution in [2.24, 2.45) is 0 Å². The number of nitrogens with two attached hydrogens (primary N) is 2. The van der Waals surface area contributed by atoms with Crippen LogP contribution >= 0.6 is 8.03 Å². The first-order chi connectivity index (χ1) is 11.8. The van der Waals surface area contributed by atoms with E-state index in [9.17, 15) is 9.67 Å². The molecule has 5 atom stereocenters. The number of ether oxygens (including phenoxy) is 2. The summed E-state index contributed by atoms with van der Waals surface area (Å²) in [7, 11) is -1.96. The molecule has 134 valence electrons. The van der Waals surface area contributed by atoms with Crippen molar-refractivity contribution in [2.75, 3.05) is 31.3 Å². The van der Waals surface area contributed by atoms with E-state index in [-0.39, 0.29) is 36.1 Å². The van der Waals surface area contributed by atoms with Crippen molar-refractivity contribution in [3.05, 3.63) is 6.33 Å². The number of halogens is 1. The number of aliphatic hydroxyl groups is 1. The van der Waals surface area contributed by atoms with Gasteiger partial charge in [-0.15, -0.1) is 4.52 Å². The Labute approximate surface area is 141 Å². The van der Waals surface area contributed by atoms with Crippen LogP contribution in [0.2, 0.25) is 0 Å². The van der Waals surface area contributed by atoms with E-state index in [1.807, 2.05) is 0 Å². The molecule has 0 amide bonds. The minimum atomic E-state index is -2.56. The van der Waals surface area contributed by atoms with Crippen molar-refractivity contribution >= 4 is 31.0 Å². The van der Waals surface area contributed by atoms with E-state index in [0.717, 1.165) is 0 Å². The predicted octanol–water partition coefficient (Wildman–Crippen LogP) is -0.296. The molecule has 0 saturated carbocycles. The maximum atomic E-state index is 15.3. The van der Waals surface area contributed by atoms with E-state index in [1.54, 1.807) is 0 Å². The normalized spacial score (nSPS) is 34.8. The Balaban J connectivity index is 1.76. The fourth-order valence-electron chi connectivity index (χ4n) is 3.09. The summed E-state index contributed by atoms with van der Waals surface area (Å²) in [4.78, 5) is 11.8. The standard InChI is InChI=1S/C12H15FN6O5P/c1-25(21)23-3-11-2-22-12(13,8(11)20)9(24-11)19-4-16-5-6(14)17-10(15)18-7(5)19/h4,8-9,20H,2-3H2,1H3,(H4,14,15,17,18)/q+1/t8-,9-,11-,12-/m1/s1. The summed E-state index contributed by atoms with van der Waals surface area (Å²) < 4.78 is 43.7. The van der Waals surface area contributed by atoms with E-state index in [0.29, 0.717) is 0 Å². The van der Waals surface area contributed by atoms with Crippen LogP contribution in [0.3, 0.4) is 0 Å². The minimum absolute atomic E-state index is 0.0276. The third kappa shape index (κ3) is 2.22. The number of aliphatic hydroxyl groups excluding tert-OH is 1. The minimum Gasteiger partial charge on any atom is -0.384 e. The average Bonchev–Trinajstić information content (AvgIpc) is 3.13. The predicted molar refractivity (Wildman–Crippen MR) is 82.3 cm³/mol. The van der Waals surface area contributed by atoms with Crippen LogP contribution in [0.4, 0.5) is 16.2 Å². The fraction of sp³-hybridized carbons (Fsp3) is 0.583. The van der Waals surface area contributed by atoms with Crippen molar-refractivity contribution in [2.45, 2.75) is 23.8 Å². The van der Waals surface area contributed by atoms with Gasteiger partial charge >= 0.3 is 8.03 Å². The number of nitrogens with zero attached hydrogens (tertiary/aromatic N) is 4. The Bertz CT molecular complexity index is 881. The lowest BCUT2D eigenvalue weighted by atomic mass is 9.99. The van der Waals surface area contributed by atoms with Crippen LogP contribution in [0.25, 0.3) is 11.2 Å². The first-order valence-corrected chi connectivity index (χ1v) is 8.87. The largest absolute Gasteiger partial charge is 0.504 e. The molecule has 4 heterocycles. The van der Waals surface area contributed by atoms with E-state index in [4.69, 9.17) is 25.5 Å². The summed E-state index contributed by atoms with van der Waals surface area (Å²) >= 11 is 0. The second-order valence-corrected chi connectivity index (χ2v) is 7.07. The Kier molecular flexibility index (Phi) is 3.47. The highest BCUT2D eigenvalue weighted by molar-refractivity contribution is 7.38. The first-order valence-electron chi connectivity index (χ1n) is 7.25. The van der Waals surface area contributed by atoms with Crippen LogP contribution in [0, 0.1) is 0 Å². The molecule has 0 spiro atoms. The molecule has 0 radical (unpaired) electrons. The summed E-state index contributed by atoms with van der Waals surface area (Å²) in [6, 6.07) is 0. The van der Waals surface area contributed by atoms with Crippen LogP contribution in [-0.4, -0.2) is 62.1 Å². The van der Waals surface area contributed by atoms with Gasteiger partial charge in [0.1, 0.15) is 12.1 Å². The monoisotopic (exact) mass is 373 g/mol. The van der Waals surface area contributed by atoms with Gasteiger partial charge in [0.25, 0.3) is 5.85 Å². The van der Waals surface area contributed by atoms with Crippen LogP contribution < -0.4 is 11.5 Å². The molecule has 2 aliphatic heterocycles. The van der Waals surface area contributed by atoms with Gasteiger partial charge in [-0.3, -0.25) is 4.57 Å². The summed E-state index contributed by atoms with van der Waals surface area (Å²) in [5.41, 5.74) is 10.2. The van der Waals surface area contributed by atoms with Crippen LogP contribution in [-0.2, 0) is 18.6 Å². The van der Waals surface area contributed by atoms with E-state index in [1.165, 1.54) is 17.6 Å². The number of nitrogen functional groups attached to an aromatic ring is 2. The summed E-state index contributed by atoms with van der Waals surface area (Å²) in [5, 5.41) is 10.4. The van der Waals surface area contributed by atoms with Crippen LogP contribution in [0.5, 0.6) is 0 Å². The molecule has 2 bridgehead atoms. The van der Waals surface area contributed by atoms with Gasteiger partial charge in [-0.05, 0) is 4.57 Å². The van der Waals surface area contributed by atoms with Gasteiger partial charge in [0.15, 0.2) is 36.1 Å². The molecule has 13 heteroatoms. The van der Waals surface area contributed by atoms with Gasteiger partial charge in [-0.25, -0.2) is 9.37 Å². The van der Waals surface area contributed by atoms with E-state index in [2.05, 4.69) is 15.0 Å². The third-order valence-corrected chi connectivity index (χ3v) is 4.79. The molecule has 1 unspecified atom stereocenters. The van der Waals surface area contributed by atoms with Gasteiger partial charge in [-0.2, -0.15) is 9.97 Å². The first kappa shape index (κ1) is 16.5. The summed E-state index contributed by atoms with van der Waals surface area (Å²) in [6.07, 6.45) is -1.82. The molecule has 0 aliphatic carbocycles. The van der Waals surface area contributed by atoms with Crippen LogP contribution in [0.15, 0.2) is 6.33 Å². The van der Waals surface area contributed by atoms with Crippen molar-refractivity contribution < 1.29 is 28.1 Å². The molecular weight excluding hydrogens is 358 g/mol. The zero-order valence-electron chi connectivity index (χ0n) is 13.0. The number of aromatic nitrogens is 4. The second-order valence-electron chi connectivity index (χ2n) is 5.93. The molecule has 0 aromatic carbocycles. The number of hydrogen-bond donors (Lipinski definition) is 3. The zero-order valence-corrected chi connectivity index (χ0v) is 13.9. The topological polar surface area (TPSA) is 161 Å². The van der Waals surface area contributed by atoms with E-state index >= 15 is 4.39 Å². The van der Waals surface area contributed by atoms with Gasteiger partial charge in [0, 0.05) is 0 Å². The molecule has 11 nitrogen and oxygen atoms in total. The molecule has 2 aromatic heterocycles. The lowest BCUT2D eigenvalue weighted by Crippen LogP contribution is -2.45. The average molecular weight is 373 g/mol. The number of hydrogen-bond acceptors (Lipinski definition) is 10. The molecule has 2 aliphatic rings. The fourth-order valence-corrected chi connectivity index (χ4v) is 3.49. The van der Waals surface area contributed by atoms with Crippen molar-refractivity contribution in [1.82, 2.24) is 19.5 Å².